The molecule has 24 heavy (non-hydrogen) atoms. The molecule has 1 aliphatic heterocycles. The highest BCUT2D eigenvalue weighted by molar-refractivity contribution is 6.60. The maximum Gasteiger partial charge on any atom is 0.500 e. The number of rotatable bonds is 13. The highest BCUT2D eigenvalue weighted by Gasteiger charge is 2.36. The standard InChI is InChI=1S/C15H33N3O5Si/c1-20-24(21-2,22-3)14-4-6-16-8-9-17-7-5-15(19)18-10-12-23-13-11-18/h16-17H,4-14H2,1-3H3. The Morgan fingerprint density at radius 1 is 1.00 bits per heavy atom. The summed E-state index contributed by atoms with van der Waals surface area (Å²) >= 11 is 0. The zero-order valence-electron chi connectivity index (χ0n) is 15.3. The van der Waals surface area contributed by atoms with Crippen molar-refractivity contribution in [2.24, 2.45) is 0 Å². The van der Waals surface area contributed by atoms with Crippen LogP contribution in [-0.4, -0.2) is 93.4 Å². The molecule has 0 atom stereocenters. The Bertz CT molecular complexity index is 331. The van der Waals surface area contributed by atoms with E-state index in [0.717, 1.165) is 45.2 Å². The summed E-state index contributed by atoms with van der Waals surface area (Å²) in [6.45, 7) is 6.06. The lowest BCUT2D eigenvalue weighted by Crippen LogP contribution is -2.43. The van der Waals surface area contributed by atoms with Crippen LogP contribution < -0.4 is 10.6 Å². The van der Waals surface area contributed by atoms with Gasteiger partial charge in [-0.05, 0) is 13.0 Å². The van der Waals surface area contributed by atoms with Crippen LogP contribution in [0.5, 0.6) is 0 Å². The Kier molecular flexibility index (Phi) is 11.4. The van der Waals surface area contributed by atoms with Gasteiger partial charge in [-0.15, -0.1) is 0 Å². The van der Waals surface area contributed by atoms with Gasteiger partial charge in [0.15, 0.2) is 0 Å². The lowest BCUT2D eigenvalue weighted by atomic mass is 10.3. The fourth-order valence-corrected chi connectivity index (χ4v) is 4.30. The van der Waals surface area contributed by atoms with E-state index >= 15 is 0 Å². The summed E-state index contributed by atoms with van der Waals surface area (Å²) in [4.78, 5) is 13.8. The smallest absolute Gasteiger partial charge is 0.378 e. The van der Waals surface area contributed by atoms with Gasteiger partial charge in [-0.1, -0.05) is 0 Å². The van der Waals surface area contributed by atoms with E-state index < -0.39 is 8.80 Å². The first-order chi connectivity index (χ1) is 11.7. The zero-order valence-corrected chi connectivity index (χ0v) is 16.3. The molecule has 1 saturated heterocycles. The molecule has 1 amide bonds. The Balaban J connectivity index is 1.94. The molecule has 0 aromatic carbocycles. The fraction of sp³-hybridized carbons (Fsp3) is 0.933. The van der Waals surface area contributed by atoms with E-state index in [2.05, 4.69) is 10.6 Å². The van der Waals surface area contributed by atoms with Crippen LogP contribution in [0.25, 0.3) is 0 Å². The summed E-state index contributed by atoms with van der Waals surface area (Å²) in [7, 11) is 2.47. The van der Waals surface area contributed by atoms with Gasteiger partial charge in [-0.2, -0.15) is 0 Å². The Labute approximate surface area is 146 Å². The van der Waals surface area contributed by atoms with Crippen LogP contribution in [-0.2, 0) is 22.8 Å². The van der Waals surface area contributed by atoms with Crippen molar-refractivity contribution >= 4 is 14.7 Å². The van der Waals surface area contributed by atoms with Gasteiger partial charge in [0.2, 0.25) is 5.91 Å². The lowest BCUT2D eigenvalue weighted by Gasteiger charge is -2.26. The van der Waals surface area contributed by atoms with Crippen LogP contribution in [0, 0.1) is 0 Å². The lowest BCUT2D eigenvalue weighted by molar-refractivity contribution is -0.135. The van der Waals surface area contributed by atoms with Gasteiger partial charge >= 0.3 is 8.80 Å². The third-order valence-corrected chi connectivity index (χ3v) is 6.96. The number of amides is 1. The largest absolute Gasteiger partial charge is 0.500 e. The van der Waals surface area contributed by atoms with Crippen molar-refractivity contribution < 1.29 is 22.8 Å². The molecule has 9 heteroatoms. The normalized spacial score (nSPS) is 15.7. The maximum absolute atomic E-state index is 11.9. The second-order valence-corrected chi connectivity index (χ2v) is 8.73. The number of nitrogens with zero attached hydrogens (tertiary/aromatic N) is 1. The number of nitrogens with one attached hydrogen (secondary N) is 2. The average Bonchev–Trinajstić information content (AvgIpc) is 2.64. The molecule has 1 rings (SSSR count). The summed E-state index contributed by atoms with van der Waals surface area (Å²) in [6.07, 6.45) is 1.49. The average molecular weight is 364 g/mol. The van der Waals surface area contributed by atoms with Gasteiger partial charge < -0.3 is 33.5 Å². The molecular weight excluding hydrogens is 330 g/mol. The highest BCUT2D eigenvalue weighted by Crippen LogP contribution is 2.14. The minimum absolute atomic E-state index is 0.207. The first-order valence-electron chi connectivity index (χ1n) is 8.60. The molecule has 0 bridgehead atoms. The van der Waals surface area contributed by atoms with Crippen molar-refractivity contribution in [3.8, 4) is 0 Å². The van der Waals surface area contributed by atoms with Gasteiger partial charge in [0.1, 0.15) is 0 Å². The van der Waals surface area contributed by atoms with Crippen LogP contribution in [0.3, 0.4) is 0 Å². The van der Waals surface area contributed by atoms with Gasteiger partial charge in [0.05, 0.1) is 13.2 Å². The third kappa shape index (κ3) is 8.02. The fourth-order valence-electron chi connectivity index (χ4n) is 2.58. The number of ether oxygens (including phenoxy) is 1. The third-order valence-electron chi connectivity index (χ3n) is 4.13. The van der Waals surface area contributed by atoms with Crippen LogP contribution in [0.2, 0.25) is 6.04 Å². The highest BCUT2D eigenvalue weighted by atomic mass is 28.4. The van der Waals surface area contributed by atoms with Crippen LogP contribution in [0.15, 0.2) is 0 Å². The summed E-state index contributed by atoms with van der Waals surface area (Å²) in [5.74, 6) is 0.207. The molecule has 0 aromatic heterocycles. The van der Waals surface area contributed by atoms with Gasteiger partial charge in [-0.25, -0.2) is 0 Å². The second kappa shape index (κ2) is 12.8. The molecule has 142 valence electrons. The summed E-state index contributed by atoms with van der Waals surface area (Å²) < 4.78 is 21.4. The van der Waals surface area contributed by atoms with Crippen molar-refractivity contribution in [3.63, 3.8) is 0 Å². The van der Waals surface area contributed by atoms with E-state index in [0.29, 0.717) is 26.2 Å². The Hall–Kier alpha value is -0.553. The molecule has 0 saturated carbocycles. The molecular formula is C15H33N3O5Si. The molecule has 0 aliphatic carbocycles. The molecule has 0 unspecified atom stereocenters. The molecule has 0 spiro atoms. The predicted molar refractivity (Wildman–Crippen MR) is 94.0 cm³/mol. The predicted octanol–water partition coefficient (Wildman–Crippen LogP) is -0.317. The Morgan fingerprint density at radius 2 is 1.58 bits per heavy atom. The summed E-state index contributed by atoms with van der Waals surface area (Å²) in [5.41, 5.74) is 0. The summed E-state index contributed by atoms with van der Waals surface area (Å²) in [6, 6.07) is 0.797. The molecule has 0 radical (unpaired) electrons. The van der Waals surface area contributed by atoms with Gasteiger partial charge in [0.25, 0.3) is 0 Å². The van der Waals surface area contributed by atoms with Crippen molar-refractivity contribution in [1.82, 2.24) is 15.5 Å². The minimum atomic E-state index is -2.43. The van der Waals surface area contributed by atoms with E-state index in [1.807, 2.05) is 4.90 Å². The van der Waals surface area contributed by atoms with E-state index in [1.54, 1.807) is 21.3 Å². The summed E-state index contributed by atoms with van der Waals surface area (Å²) in [5, 5.41) is 6.65. The van der Waals surface area contributed by atoms with Gasteiger partial charge in [0, 0.05) is 66.5 Å². The van der Waals surface area contributed by atoms with Crippen molar-refractivity contribution in [1.29, 1.82) is 0 Å². The topological polar surface area (TPSA) is 81.3 Å². The first-order valence-corrected chi connectivity index (χ1v) is 10.5. The van der Waals surface area contributed by atoms with Gasteiger partial charge in [-0.3, -0.25) is 4.79 Å². The van der Waals surface area contributed by atoms with Crippen molar-refractivity contribution in [3.05, 3.63) is 0 Å². The number of carbonyl (C=O) groups is 1. The van der Waals surface area contributed by atoms with Crippen LogP contribution >= 0.6 is 0 Å². The van der Waals surface area contributed by atoms with E-state index in [4.69, 9.17) is 18.0 Å². The Morgan fingerprint density at radius 3 is 2.17 bits per heavy atom. The van der Waals surface area contributed by atoms with E-state index in [-0.39, 0.29) is 5.91 Å². The first kappa shape index (κ1) is 21.5. The molecule has 1 heterocycles. The van der Waals surface area contributed by atoms with E-state index in [9.17, 15) is 4.79 Å². The zero-order chi connectivity index (χ0) is 17.7. The van der Waals surface area contributed by atoms with Crippen LogP contribution in [0.4, 0.5) is 0 Å². The number of hydrogen-bond acceptors (Lipinski definition) is 7. The van der Waals surface area contributed by atoms with Crippen LogP contribution in [0.1, 0.15) is 12.8 Å². The monoisotopic (exact) mass is 363 g/mol. The number of hydrogen-bond donors (Lipinski definition) is 2. The number of carbonyl (C=O) groups excluding carboxylic acids is 1. The number of morpholine rings is 1. The SMILES string of the molecule is CO[Si](CCCNCCNCCC(=O)N1CCOCC1)(OC)OC. The molecule has 0 aromatic rings. The minimum Gasteiger partial charge on any atom is -0.378 e. The molecule has 1 fully saturated rings. The molecule has 2 N–H and O–H groups in total. The maximum atomic E-state index is 11.9. The van der Waals surface area contributed by atoms with Crippen molar-refractivity contribution in [2.75, 3.05) is 73.8 Å². The van der Waals surface area contributed by atoms with Crippen molar-refractivity contribution in [2.45, 2.75) is 18.9 Å². The van der Waals surface area contributed by atoms with E-state index in [1.165, 1.54) is 0 Å². The molecule has 8 nitrogen and oxygen atoms in total. The molecule has 1 aliphatic rings. The second-order valence-electron chi connectivity index (χ2n) is 5.64. The quantitative estimate of drug-likeness (QED) is 0.343.